The standard InChI is InChI=1S/C18H22ClFN2O2/c19-16-7-6-13(20)12-15(16)18(24)22-10-2-1-4-14(22)8-11-21-9-3-5-17(21)23/h6-7,12,14H,1-5,8-11H2/t14-/m0/s1. The van der Waals surface area contributed by atoms with Gasteiger partial charge in [0, 0.05) is 32.1 Å². The molecule has 4 nitrogen and oxygen atoms in total. The number of benzene rings is 1. The van der Waals surface area contributed by atoms with Crippen LogP contribution < -0.4 is 0 Å². The van der Waals surface area contributed by atoms with Crippen LogP contribution in [0.3, 0.4) is 0 Å². The van der Waals surface area contributed by atoms with Crippen molar-refractivity contribution in [3.63, 3.8) is 0 Å². The summed E-state index contributed by atoms with van der Waals surface area (Å²) >= 11 is 6.09. The Morgan fingerprint density at radius 3 is 2.83 bits per heavy atom. The van der Waals surface area contributed by atoms with Crippen molar-refractivity contribution in [1.29, 1.82) is 0 Å². The van der Waals surface area contributed by atoms with Crippen LogP contribution in [0.4, 0.5) is 4.39 Å². The maximum atomic E-state index is 13.5. The van der Waals surface area contributed by atoms with Gasteiger partial charge in [-0.15, -0.1) is 0 Å². The molecule has 0 aliphatic carbocycles. The summed E-state index contributed by atoms with van der Waals surface area (Å²) in [5, 5.41) is 0.278. The molecule has 0 spiro atoms. The molecule has 0 N–H and O–H groups in total. The van der Waals surface area contributed by atoms with Crippen molar-refractivity contribution in [2.24, 2.45) is 0 Å². The molecule has 24 heavy (non-hydrogen) atoms. The van der Waals surface area contributed by atoms with Gasteiger partial charge in [-0.3, -0.25) is 9.59 Å². The predicted octanol–water partition coefficient (Wildman–Crippen LogP) is 3.49. The Hall–Kier alpha value is -1.62. The molecule has 1 aromatic rings. The van der Waals surface area contributed by atoms with E-state index in [0.29, 0.717) is 19.5 Å². The summed E-state index contributed by atoms with van der Waals surface area (Å²) in [4.78, 5) is 28.3. The van der Waals surface area contributed by atoms with E-state index in [1.54, 1.807) is 0 Å². The number of carbonyl (C=O) groups is 2. The lowest BCUT2D eigenvalue weighted by atomic mass is 9.98. The number of amides is 2. The highest BCUT2D eigenvalue weighted by Crippen LogP contribution is 2.26. The van der Waals surface area contributed by atoms with E-state index in [4.69, 9.17) is 11.6 Å². The summed E-state index contributed by atoms with van der Waals surface area (Å²) in [5.41, 5.74) is 0.223. The predicted molar refractivity (Wildman–Crippen MR) is 90.5 cm³/mol. The number of nitrogens with zero attached hydrogens (tertiary/aromatic N) is 2. The molecule has 0 aromatic heterocycles. The monoisotopic (exact) mass is 352 g/mol. The van der Waals surface area contributed by atoms with E-state index in [-0.39, 0.29) is 28.4 Å². The third-order valence-corrected chi connectivity index (χ3v) is 5.28. The summed E-state index contributed by atoms with van der Waals surface area (Å²) < 4.78 is 13.5. The van der Waals surface area contributed by atoms with Gasteiger partial charge in [0.1, 0.15) is 5.82 Å². The first-order chi connectivity index (χ1) is 11.6. The van der Waals surface area contributed by atoms with E-state index in [0.717, 1.165) is 38.6 Å². The van der Waals surface area contributed by atoms with Gasteiger partial charge in [0.15, 0.2) is 0 Å². The van der Waals surface area contributed by atoms with Crippen LogP contribution in [0, 0.1) is 5.82 Å². The van der Waals surface area contributed by atoms with E-state index in [9.17, 15) is 14.0 Å². The Bertz CT molecular complexity index is 637. The highest BCUT2D eigenvalue weighted by Gasteiger charge is 2.30. The summed E-state index contributed by atoms with van der Waals surface area (Å²) in [6.07, 6.45) is 5.25. The lowest BCUT2D eigenvalue weighted by Gasteiger charge is -2.37. The normalized spacial score (nSPS) is 21.4. The summed E-state index contributed by atoms with van der Waals surface area (Å²) in [5.74, 6) is -0.465. The van der Waals surface area contributed by atoms with E-state index in [1.165, 1.54) is 18.2 Å². The van der Waals surface area contributed by atoms with Gasteiger partial charge in [-0.05, 0) is 50.3 Å². The van der Waals surface area contributed by atoms with E-state index < -0.39 is 5.82 Å². The first-order valence-corrected chi connectivity index (χ1v) is 8.98. The molecule has 0 saturated carbocycles. The van der Waals surface area contributed by atoms with Gasteiger partial charge in [-0.2, -0.15) is 0 Å². The number of carbonyl (C=O) groups excluding carboxylic acids is 2. The molecule has 3 rings (SSSR count). The number of hydrogen-bond acceptors (Lipinski definition) is 2. The first-order valence-electron chi connectivity index (χ1n) is 8.60. The minimum Gasteiger partial charge on any atom is -0.343 e. The Morgan fingerprint density at radius 2 is 2.08 bits per heavy atom. The minimum absolute atomic E-state index is 0.0824. The van der Waals surface area contributed by atoms with Crippen LogP contribution in [0.25, 0.3) is 0 Å². The lowest BCUT2D eigenvalue weighted by molar-refractivity contribution is -0.127. The van der Waals surface area contributed by atoms with Crippen LogP contribution in [0.2, 0.25) is 5.02 Å². The number of rotatable bonds is 4. The number of hydrogen-bond donors (Lipinski definition) is 0. The van der Waals surface area contributed by atoms with Gasteiger partial charge in [-0.25, -0.2) is 4.39 Å². The van der Waals surface area contributed by atoms with E-state index >= 15 is 0 Å². The molecule has 0 radical (unpaired) electrons. The van der Waals surface area contributed by atoms with Crippen LogP contribution in [0.15, 0.2) is 18.2 Å². The van der Waals surface area contributed by atoms with Gasteiger partial charge in [0.25, 0.3) is 5.91 Å². The minimum atomic E-state index is -0.459. The molecule has 130 valence electrons. The van der Waals surface area contributed by atoms with Crippen molar-refractivity contribution in [2.45, 2.75) is 44.6 Å². The molecule has 2 fully saturated rings. The zero-order valence-electron chi connectivity index (χ0n) is 13.6. The van der Waals surface area contributed by atoms with Crippen molar-refractivity contribution >= 4 is 23.4 Å². The summed E-state index contributed by atoms with van der Waals surface area (Å²) in [6.45, 7) is 2.16. The summed E-state index contributed by atoms with van der Waals surface area (Å²) in [7, 11) is 0. The average Bonchev–Trinajstić information content (AvgIpc) is 3.00. The highest BCUT2D eigenvalue weighted by atomic mass is 35.5. The summed E-state index contributed by atoms with van der Waals surface area (Å²) in [6, 6.07) is 3.97. The van der Waals surface area contributed by atoms with Crippen molar-refractivity contribution in [2.75, 3.05) is 19.6 Å². The van der Waals surface area contributed by atoms with Crippen LogP contribution in [0.5, 0.6) is 0 Å². The quantitative estimate of drug-likeness (QED) is 0.832. The van der Waals surface area contributed by atoms with Crippen LogP contribution in [-0.2, 0) is 4.79 Å². The van der Waals surface area contributed by atoms with Gasteiger partial charge in [-0.1, -0.05) is 11.6 Å². The maximum absolute atomic E-state index is 13.5. The first kappa shape index (κ1) is 17.2. The third kappa shape index (κ3) is 3.72. The van der Waals surface area contributed by atoms with Crippen molar-refractivity contribution < 1.29 is 14.0 Å². The molecule has 6 heteroatoms. The maximum Gasteiger partial charge on any atom is 0.255 e. The Kier molecular flexibility index (Phi) is 5.39. The van der Waals surface area contributed by atoms with Crippen LogP contribution in [0.1, 0.15) is 48.9 Å². The van der Waals surface area contributed by atoms with Gasteiger partial charge < -0.3 is 9.80 Å². The number of piperidine rings is 1. The molecule has 0 unspecified atom stereocenters. The zero-order valence-corrected chi connectivity index (χ0v) is 14.4. The van der Waals surface area contributed by atoms with E-state index in [1.807, 2.05) is 9.80 Å². The van der Waals surface area contributed by atoms with Crippen LogP contribution >= 0.6 is 11.6 Å². The second-order valence-corrected chi connectivity index (χ2v) is 6.95. The van der Waals surface area contributed by atoms with E-state index in [2.05, 4.69) is 0 Å². The van der Waals surface area contributed by atoms with Gasteiger partial charge in [0.05, 0.1) is 10.6 Å². The molecule has 2 saturated heterocycles. The molecule has 0 bridgehead atoms. The van der Waals surface area contributed by atoms with Crippen molar-refractivity contribution in [3.05, 3.63) is 34.6 Å². The molecule has 2 heterocycles. The molecular formula is C18H22ClFN2O2. The fourth-order valence-electron chi connectivity index (χ4n) is 3.63. The zero-order chi connectivity index (χ0) is 17.1. The van der Waals surface area contributed by atoms with Gasteiger partial charge >= 0.3 is 0 Å². The fourth-order valence-corrected chi connectivity index (χ4v) is 3.83. The van der Waals surface area contributed by atoms with Crippen molar-refractivity contribution in [1.82, 2.24) is 9.80 Å². The van der Waals surface area contributed by atoms with Gasteiger partial charge in [0.2, 0.25) is 5.91 Å². The molecule has 2 aliphatic rings. The largest absolute Gasteiger partial charge is 0.343 e. The Balaban J connectivity index is 1.70. The third-order valence-electron chi connectivity index (χ3n) is 4.95. The highest BCUT2D eigenvalue weighted by molar-refractivity contribution is 6.33. The number of halogens is 2. The Labute approximate surface area is 146 Å². The topological polar surface area (TPSA) is 40.6 Å². The molecule has 2 amide bonds. The Morgan fingerprint density at radius 1 is 1.25 bits per heavy atom. The molecule has 1 atom stereocenters. The number of likely N-dealkylation sites (tertiary alicyclic amines) is 2. The lowest BCUT2D eigenvalue weighted by Crippen LogP contribution is -2.45. The second-order valence-electron chi connectivity index (χ2n) is 6.55. The second kappa shape index (κ2) is 7.51. The smallest absolute Gasteiger partial charge is 0.255 e. The van der Waals surface area contributed by atoms with Crippen molar-refractivity contribution in [3.8, 4) is 0 Å². The molecule has 1 aromatic carbocycles. The van der Waals surface area contributed by atoms with Crippen LogP contribution in [-0.4, -0.2) is 47.3 Å². The molecule has 2 aliphatic heterocycles. The molecular weight excluding hydrogens is 331 g/mol. The SMILES string of the molecule is O=C1CCCN1CC[C@@H]1CCCCN1C(=O)c1cc(F)ccc1Cl. The fraction of sp³-hybridized carbons (Fsp3) is 0.556. The average molecular weight is 353 g/mol.